The molecule has 1 aromatic rings. The molecule has 0 bridgehead atoms. The van der Waals surface area contributed by atoms with E-state index in [2.05, 4.69) is 0 Å². The minimum absolute atomic E-state index is 0.0434. The van der Waals surface area contributed by atoms with E-state index < -0.39 is 11.7 Å². The maximum Gasteiger partial charge on any atom is 0.416 e. The first-order chi connectivity index (χ1) is 7.52. The van der Waals surface area contributed by atoms with Crippen molar-refractivity contribution in [3.8, 4) is 5.75 Å². The van der Waals surface area contributed by atoms with Crippen LogP contribution in [-0.4, -0.2) is 6.10 Å². The van der Waals surface area contributed by atoms with Crippen molar-refractivity contribution >= 4 is 0 Å². The summed E-state index contributed by atoms with van der Waals surface area (Å²) in [6.45, 7) is -0.169. The lowest BCUT2D eigenvalue weighted by Crippen LogP contribution is -2.14. The number of halogens is 3. The first-order valence-corrected chi connectivity index (χ1v) is 5.08. The monoisotopic (exact) mass is 231 g/mol. The molecule has 0 amide bonds. The molecule has 0 heterocycles. The van der Waals surface area contributed by atoms with Crippen LogP contribution in [0.4, 0.5) is 13.2 Å². The number of ether oxygens (including phenoxy) is 1. The number of benzene rings is 1. The van der Waals surface area contributed by atoms with Gasteiger partial charge >= 0.3 is 6.18 Å². The Morgan fingerprint density at radius 2 is 2.00 bits per heavy atom. The summed E-state index contributed by atoms with van der Waals surface area (Å²) < 4.78 is 43.4. The van der Waals surface area contributed by atoms with Crippen molar-refractivity contribution in [1.82, 2.24) is 0 Å². The van der Waals surface area contributed by atoms with Crippen molar-refractivity contribution in [3.05, 3.63) is 29.3 Å². The van der Waals surface area contributed by atoms with E-state index in [1.165, 1.54) is 12.1 Å². The lowest BCUT2D eigenvalue weighted by molar-refractivity contribution is -0.138. The second kappa shape index (κ2) is 3.97. The highest BCUT2D eigenvalue weighted by Crippen LogP contribution is 2.37. The second-order valence-corrected chi connectivity index (χ2v) is 3.80. The van der Waals surface area contributed by atoms with Crippen LogP contribution in [0.1, 0.15) is 24.0 Å². The first-order valence-electron chi connectivity index (χ1n) is 5.08. The Bertz CT molecular complexity index is 385. The fraction of sp³-hybridized carbons (Fsp3) is 0.455. The predicted molar refractivity (Wildman–Crippen MR) is 53.0 cm³/mol. The summed E-state index contributed by atoms with van der Waals surface area (Å²) in [6, 6.07) is 3.91. The van der Waals surface area contributed by atoms with Crippen molar-refractivity contribution in [1.29, 1.82) is 0 Å². The average Bonchev–Trinajstić information content (AvgIpc) is 3.00. The van der Waals surface area contributed by atoms with Gasteiger partial charge in [-0.25, -0.2) is 0 Å². The SMILES string of the molecule is NCc1c(OC2CC2)cccc1C(F)(F)F. The van der Waals surface area contributed by atoms with E-state index in [1.54, 1.807) is 0 Å². The molecular weight excluding hydrogens is 219 g/mol. The molecule has 2 N–H and O–H groups in total. The molecule has 88 valence electrons. The van der Waals surface area contributed by atoms with E-state index in [4.69, 9.17) is 10.5 Å². The molecule has 0 atom stereocenters. The summed E-state index contributed by atoms with van der Waals surface area (Å²) in [5.41, 5.74) is 4.71. The molecule has 0 aliphatic heterocycles. The molecule has 0 radical (unpaired) electrons. The number of rotatable bonds is 3. The van der Waals surface area contributed by atoms with Gasteiger partial charge < -0.3 is 10.5 Å². The lowest BCUT2D eigenvalue weighted by Gasteiger charge is -2.15. The molecule has 0 unspecified atom stereocenters. The summed E-state index contributed by atoms with van der Waals surface area (Å²) in [6.07, 6.45) is -2.51. The van der Waals surface area contributed by atoms with E-state index >= 15 is 0 Å². The summed E-state index contributed by atoms with van der Waals surface area (Å²) >= 11 is 0. The van der Waals surface area contributed by atoms with Crippen molar-refractivity contribution in [2.75, 3.05) is 0 Å². The number of alkyl halides is 3. The molecule has 0 aromatic heterocycles. The van der Waals surface area contributed by atoms with Gasteiger partial charge in [-0.05, 0) is 25.0 Å². The minimum Gasteiger partial charge on any atom is -0.490 e. The Kier molecular flexibility index (Phi) is 2.80. The molecule has 2 nitrogen and oxygen atoms in total. The van der Waals surface area contributed by atoms with Crippen LogP contribution in [0.25, 0.3) is 0 Å². The highest BCUT2D eigenvalue weighted by Gasteiger charge is 2.35. The minimum atomic E-state index is -4.38. The van der Waals surface area contributed by atoms with Gasteiger partial charge in [0.05, 0.1) is 11.7 Å². The van der Waals surface area contributed by atoms with Crippen LogP contribution in [0.15, 0.2) is 18.2 Å². The molecule has 1 fully saturated rings. The Morgan fingerprint density at radius 1 is 1.31 bits per heavy atom. The summed E-state index contributed by atoms with van der Waals surface area (Å²) in [4.78, 5) is 0. The van der Waals surface area contributed by atoms with Crippen molar-refractivity contribution in [2.45, 2.75) is 31.7 Å². The van der Waals surface area contributed by atoms with Gasteiger partial charge in [-0.1, -0.05) is 6.07 Å². The van der Waals surface area contributed by atoms with Gasteiger partial charge in [0, 0.05) is 12.1 Å². The fourth-order valence-electron chi connectivity index (χ4n) is 1.52. The third kappa shape index (κ3) is 2.29. The van der Waals surface area contributed by atoms with Gasteiger partial charge in [0.2, 0.25) is 0 Å². The van der Waals surface area contributed by atoms with Gasteiger partial charge in [0.25, 0.3) is 0 Å². The van der Waals surface area contributed by atoms with E-state index in [-0.39, 0.29) is 24.0 Å². The Morgan fingerprint density at radius 3 is 2.50 bits per heavy atom. The van der Waals surface area contributed by atoms with Crippen LogP contribution in [0.5, 0.6) is 5.75 Å². The highest BCUT2D eigenvalue weighted by molar-refractivity contribution is 5.42. The van der Waals surface area contributed by atoms with Crippen molar-refractivity contribution in [2.24, 2.45) is 5.73 Å². The zero-order valence-corrected chi connectivity index (χ0v) is 8.55. The fourth-order valence-corrected chi connectivity index (χ4v) is 1.52. The topological polar surface area (TPSA) is 35.2 Å². The molecule has 0 spiro atoms. The zero-order chi connectivity index (χ0) is 11.8. The van der Waals surface area contributed by atoms with E-state index in [0.29, 0.717) is 0 Å². The first kappa shape index (κ1) is 11.3. The number of hydrogen-bond donors (Lipinski definition) is 1. The molecular formula is C11H12F3NO. The summed E-state index contributed by atoms with van der Waals surface area (Å²) in [5.74, 6) is 0.264. The van der Waals surface area contributed by atoms with Gasteiger partial charge in [-0.3, -0.25) is 0 Å². The molecule has 1 saturated carbocycles. The summed E-state index contributed by atoms with van der Waals surface area (Å²) in [5, 5.41) is 0. The van der Waals surface area contributed by atoms with Gasteiger partial charge in [0.15, 0.2) is 0 Å². The van der Waals surface area contributed by atoms with Crippen LogP contribution in [0.2, 0.25) is 0 Å². The Hall–Kier alpha value is -1.23. The Labute approximate surface area is 91.2 Å². The van der Waals surface area contributed by atoms with Gasteiger partial charge in [0.1, 0.15) is 5.75 Å². The highest BCUT2D eigenvalue weighted by atomic mass is 19.4. The number of nitrogens with two attached hydrogens (primary N) is 1. The van der Waals surface area contributed by atoms with Gasteiger partial charge in [-0.15, -0.1) is 0 Å². The van der Waals surface area contributed by atoms with Crippen LogP contribution < -0.4 is 10.5 Å². The normalized spacial score (nSPS) is 16.2. The summed E-state index contributed by atoms with van der Waals surface area (Å²) in [7, 11) is 0. The standard InChI is InChI=1S/C11H12F3NO/c12-11(13,14)9-2-1-3-10(8(9)6-15)16-7-4-5-7/h1-3,7H,4-6,15H2. The number of hydrogen-bond acceptors (Lipinski definition) is 2. The lowest BCUT2D eigenvalue weighted by atomic mass is 10.1. The zero-order valence-electron chi connectivity index (χ0n) is 8.55. The quantitative estimate of drug-likeness (QED) is 0.868. The van der Waals surface area contributed by atoms with Crippen molar-refractivity contribution < 1.29 is 17.9 Å². The largest absolute Gasteiger partial charge is 0.490 e. The maximum atomic E-state index is 12.7. The third-order valence-corrected chi connectivity index (χ3v) is 2.46. The Balaban J connectivity index is 2.37. The van der Waals surface area contributed by atoms with Crippen LogP contribution in [-0.2, 0) is 12.7 Å². The molecule has 5 heteroatoms. The predicted octanol–water partition coefficient (Wildman–Crippen LogP) is 2.71. The molecule has 0 saturated heterocycles. The average molecular weight is 231 g/mol. The maximum absolute atomic E-state index is 12.7. The van der Waals surface area contributed by atoms with E-state index in [1.807, 2.05) is 0 Å². The van der Waals surface area contributed by atoms with Crippen LogP contribution in [0, 0.1) is 0 Å². The smallest absolute Gasteiger partial charge is 0.416 e. The molecule has 16 heavy (non-hydrogen) atoms. The van der Waals surface area contributed by atoms with E-state index in [9.17, 15) is 13.2 Å². The van der Waals surface area contributed by atoms with Gasteiger partial charge in [-0.2, -0.15) is 13.2 Å². The van der Waals surface area contributed by atoms with Crippen LogP contribution in [0.3, 0.4) is 0 Å². The molecule has 1 aliphatic carbocycles. The van der Waals surface area contributed by atoms with Crippen molar-refractivity contribution in [3.63, 3.8) is 0 Å². The van der Waals surface area contributed by atoms with Crippen LogP contribution >= 0.6 is 0 Å². The second-order valence-electron chi connectivity index (χ2n) is 3.80. The third-order valence-electron chi connectivity index (χ3n) is 2.46. The molecule has 1 aliphatic rings. The van der Waals surface area contributed by atoms with E-state index in [0.717, 1.165) is 18.9 Å². The molecule has 1 aromatic carbocycles. The molecule has 2 rings (SSSR count).